The summed E-state index contributed by atoms with van der Waals surface area (Å²) in [4.78, 5) is 21.5. The fourth-order valence-corrected chi connectivity index (χ4v) is 1.71. The Morgan fingerprint density at radius 3 is 2.36 bits per heavy atom. The average molecular weight is 301 g/mol. The maximum atomic E-state index is 11.5. The van der Waals surface area contributed by atoms with Crippen molar-refractivity contribution in [2.75, 3.05) is 0 Å². The lowest BCUT2D eigenvalue weighted by Crippen LogP contribution is -2.37. The highest BCUT2D eigenvalue weighted by atomic mass is 16.6. The number of amides is 1. The lowest BCUT2D eigenvalue weighted by atomic mass is 10.2. The van der Waals surface area contributed by atoms with Gasteiger partial charge in [-0.3, -0.25) is 15.5 Å². The van der Waals surface area contributed by atoms with Crippen LogP contribution in [0.1, 0.15) is 11.1 Å². The van der Waals surface area contributed by atoms with Crippen molar-refractivity contribution in [1.29, 1.82) is 0 Å². The Morgan fingerprint density at radius 1 is 1.05 bits per heavy atom. The van der Waals surface area contributed by atoms with Gasteiger partial charge in [0.1, 0.15) is 6.61 Å². The van der Waals surface area contributed by atoms with Gasteiger partial charge < -0.3 is 4.74 Å². The highest BCUT2D eigenvalue weighted by Crippen LogP contribution is 2.12. The van der Waals surface area contributed by atoms with Gasteiger partial charge in [-0.1, -0.05) is 30.3 Å². The van der Waals surface area contributed by atoms with Crippen LogP contribution in [0.2, 0.25) is 0 Å². The number of non-ortho nitro benzene ring substituents is 1. The Balaban J connectivity index is 1.70. The van der Waals surface area contributed by atoms with E-state index in [0.29, 0.717) is 12.1 Å². The van der Waals surface area contributed by atoms with Crippen LogP contribution in [-0.2, 0) is 17.9 Å². The summed E-state index contributed by atoms with van der Waals surface area (Å²) in [5.74, 6) is 0. The van der Waals surface area contributed by atoms with Crippen LogP contribution >= 0.6 is 0 Å². The van der Waals surface area contributed by atoms with Crippen LogP contribution in [0.4, 0.5) is 10.5 Å². The van der Waals surface area contributed by atoms with E-state index in [1.165, 1.54) is 12.1 Å². The molecule has 114 valence electrons. The van der Waals surface area contributed by atoms with Gasteiger partial charge in [-0.2, -0.15) is 0 Å². The standard InChI is InChI=1S/C15H15N3O4/c19-15(17-16-10-12-4-2-1-3-5-12)22-11-13-6-8-14(9-7-13)18(20)21/h1-9,16H,10-11H2,(H,17,19). The van der Waals surface area contributed by atoms with Crippen molar-refractivity contribution in [3.05, 3.63) is 75.8 Å². The molecule has 0 aliphatic carbocycles. The first kappa shape index (κ1) is 15.5. The number of benzene rings is 2. The second-order valence-electron chi connectivity index (χ2n) is 4.46. The fourth-order valence-electron chi connectivity index (χ4n) is 1.71. The maximum Gasteiger partial charge on any atom is 0.421 e. The van der Waals surface area contributed by atoms with Crippen LogP contribution in [0.25, 0.3) is 0 Å². The summed E-state index contributed by atoms with van der Waals surface area (Å²) in [5, 5.41) is 10.5. The van der Waals surface area contributed by atoms with Crippen LogP contribution in [0.3, 0.4) is 0 Å². The Bertz CT molecular complexity index is 629. The van der Waals surface area contributed by atoms with Crippen molar-refractivity contribution in [1.82, 2.24) is 10.9 Å². The Kier molecular flexibility index (Phi) is 5.44. The van der Waals surface area contributed by atoms with E-state index in [0.717, 1.165) is 5.56 Å². The molecule has 0 saturated heterocycles. The number of rotatable bonds is 6. The van der Waals surface area contributed by atoms with E-state index in [-0.39, 0.29) is 12.3 Å². The first-order chi connectivity index (χ1) is 10.6. The Labute approximate surface area is 127 Å². The molecule has 0 atom stereocenters. The van der Waals surface area contributed by atoms with E-state index in [1.807, 2.05) is 30.3 Å². The normalized spacial score (nSPS) is 10.0. The SMILES string of the molecule is O=C(NNCc1ccccc1)OCc1ccc([N+](=O)[O-])cc1. The molecule has 0 radical (unpaired) electrons. The van der Waals surface area contributed by atoms with Crippen LogP contribution < -0.4 is 10.9 Å². The number of hydrogen-bond donors (Lipinski definition) is 2. The fraction of sp³-hybridized carbons (Fsp3) is 0.133. The zero-order valence-electron chi connectivity index (χ0n) is 11.7. The molecular weight excluding hydrogens is 286 g/mol. The third-order valence-electron chi connectivity index (χ3n) is 2.84. The van der Waals surface area contributed by atoms with Gasteiger partial charge in [0.15, 0.2) is 0 Å². The van der Waals surface area contributed by atoms with Gasteiger partial charge in [-0.15, -0.1) is 0 Å². The molecule has 0 aliphatic heterocycles. The molecule has 2 aromatic carbocycles. The molecule has 0 heterocycles. The third-order valence-corrected chi connectivity index (χ3v) is 2.84. The lowest BCUT2D eigenvalue weighted by Gasteiger charge is -2.08. The van der Waals surface area contributed by atoms with Crippen molar-refractivity contribution in [3.63, 3.8) is 0 Å². The lowest BCUT2D eigenvalue weighted by molar-refractivity contribution is -0.384. The smallest absolute Gasteiger partial charge is 0.421 e. The number of ether oxygens (including phenoxy) is 1. The summed E-state index contributed by atoms with van der Waals surface area (Å²) < 4.78 is 4.98. The predicted octanol–water partition coefficient (Wildman–Crippen LogP) is 2.53. The van der Waals surface area contributed by atoms with Gasteiger partial charge in [-0.25, -0.2) is 10.2 Å². The monoisotopic (exact) mass is 301 g/mol. The number of carbonyl (C=O) groups excluding carboxylic acids is 1. The van der Waals surface area contributed by atoms with E-state index in [2.05, 4.69) is 10.9 Å². The molecule has 0 saturated carbocycles. The van der Waals surface area contributed by atoms with E-state index >= 15 is 0 Å². The van der Waals surface area contributed by atoms with E-state index in [4.69, 9.17) is 4.74 Å². The number of nitrogens with zero attached hydrogens (tertiary/aromatic N) is 1. The van der Waals surface area contributed by atoms with Crippen molar-refractivity contribution < 1.29 is 14.5 Å². The van der Waals surface area contributed by atoms with Gasteiger partial charge in [0.25, 0.3) is 5.69 Å². The Hall–Kier alpha value is -2.93. The highest BCUT2D eigenvalue weighted by molar-refractivity contribution is 5.66. The first-order valence-electron chi connectivity index (χ1n) is 6.58. The topological polar surface area (TPSA) is 93.5 Å². The minimum absolute atomic E-state index is 0.00210. The van der Waals surface area contributed by atoms with Crippen molar-refractivity contribution in [3.8, 4) is 0 Å². The summed E-state index contributed by atoms with van der Waals surface area (Å²) >= 11 is 0. The molecule has 22 heavy (non-hydrogen) atoms. The molecule has 0 fully saturated rings. The predicted molar refractivity (Wildman–Crippen MR) is 79.7 cm³/mol. The maximum absolute atomic E-state index is 11.5. The van der Waals surface area contributed by atoms with Crippen molar-refractivity contribution in [2.24, 2.45) is 0 Å². The summed E-state index contributed by atoms with van der Waals surface area (Å²) in [6.45, 7) is 0.518. The molecule has 0 unspecified atom stereocenters. The number of nitro groups is 1. The second-order valence-corrected chi connectivity index (χ2v) is 4.46. The van der Waals surface area contributed by atoms with E-state index in [1.54, 1.807) is 12.1 Å². The van der Waals surface area contributed by atoms with Gasteiger partial charge in [0.2, 0.25) is 0 Å². The number of hydrazine groups is 1. The molecule has 7 heteroatoms. The van der Waals surface area contributed by atoms with E-state index in [9.17, 15) is 14.9 Å². The second kappa shape index (κ2) is 7.75. The summed E-state index contributed by atoms with van der Waals surface area (Å²) in [6.07, 6.45) is -0.616. The minimum atomic E-state index is -0.616. The number of nitrogens with one attached hydrogen (secondary N) is 2. The minimum Gasteiger partial charge on any atom is -0.444 e. The zero-order valence-corrected chi connectivity index (χ0v) is 11.7. The summed E-state index contributed by atoms with van der Waals surface area (Å²) in [6, 6.07) is 15.4. The first-order valence-corrected chi connectivity index (χ1v) is 6.58. The Morgan fingerprint density at radius 2 is 1.73 bits per heavy atom. The van der Waals surface area contributed by atoms with Crippen LogP contribution in [0, 0.1) is 10.1 Å². The largest absolute Gasteiger partial charge is 0.444 e. The van der Waals surface area contributed by atoms with Gasteiger partial charge >= 0.3 is 6.09 Å². The summed E-state index contributed by atoms with van der Waals surface area (Å²) in [5.41, 5.74) is 6.85. The number of nitro benzene ring substituents is 1. The quantitative estimate of drug-likeness (QED) is 0.631. The molecule has 0 aromatic heterocycles. The van der Waals surface area contributed by atoms with Crippen LogP contribution in [0.15, 0.2) is 54.6 Å². The van der Waals surface area contributed by atoms with E-state index < -0.39 is 11.0 Å². The molecule has 2 N–H and O–H groups in total. The molecule has 0 aliphatic rings. The molecular formula is C15H15N3O4. The number of hydrogen-bond acceptors (Lipinski definition) is 5. The zero-order chi connectivity index (χ0) is 15.8. The molecule has 0 bridgehead atoms. The van der Waals surface area contributed by atoms with Crippen molar-refractivity contribution in [2.45, 2.75) is 13.2 Å². The summed E-state index contributed by atoms with van der Waals surface area (Å²) in [7, 11) is 0. The molecule has 7 nitrogen and oxygen atoms in total. The van der Waals surface area contributed by atoms with Crippen LogP contribution in [-0.4, -0.2) is 11.0 Å². The van der Waals surface area contributed by atoms with Crippen LogP contribution in [0.5, 0.6) is 0 Å². The van der Waals surface area contributed by atoms with Gasteiger partial charge in [0, 0.05) is 18.7 Å². The third kappa shape index (κ3) is 4.88. The van der Waals surface area contributed by atoms with Gasteiger partial charge in [0.05, 0.1) is 4.92 Å². The molecule has 2 rings (SSSR count). The van der Waals surface area contributed by atoms with Gasteiger partial charge in [-0.05, 0) is 23.3 Å². The molecule has 1 amide bonds. The highest BCUT2D eigenvalue weighted by Gasteiger charge is 2.06. The molecule has 0 spiro atoms. The van der Waals surface area contributed by atoms with Crippen molar-refractivity contribution >= 4 is 11.8 Å². The average Bonchev–Trinajstić information content (AvgIpc) is 2.54. The molecule has 2 aromatic rings. The number of carbonyl (C=O) groups is 1.